The van der Waals surface area contributed by atoms with Crippen LogP contribution in [-0.2, 0) is 24.3 Å². The normalized spacial score (nSPS) is 12.1. The van der Waals surface area contributed by atoms with Crippen molar-refractivity contribution < 1.29 is 27.7 Å². The number of amides is 1. The number of carbonyl (C=O) groups is 2. The van der Waals surface area contributed by atoms with E-state index in [2.05, 4.69) is 10.0 Å². The number of non-ortho nitro benzene ring substituents is 1. The van der Waals surface area contributed by atoms with Gasteiger partial charge in [-0.05, 0) is 32.0 Å². The second kappa shape index (κ2) is 10.3. The van der Waals surface area contributed by atoms with E-state index in [1.54, 1.807) is 12.1 Å². The molecule has 0 saturated carbocycles. The average molecular weight is 470 g/mol. The minimum atomic E-state index is -3.78. The molecule has 31 heavy (non-hydrogen) atoms. The molecular weight excluding hydrogens is 450 g/mol. The molecule has 12 heteroatoms. The Morgan fingerprint density at radius 1 is 1.19 bits per heavy atom. The Hall–Kier alpha value is -3.02. The van der Waals surface area contributed by atoms with Gasteiger partial charge in [0.15, 0.2) is 6.10 Å². The number of benzene rings is 2. The van der Waals surface area contributed by atoms with Gasteiger partial charge in [-0.15, -0.1) is 0 Å². The summed E-state index contributed by atoms with van der Waals surface area (Å²) in [6.45, 7) is 2.90. The fourth-order valence-corrected chi connectivity index (χ4v) is 3.55. The predicted molar refractivity (Wildman–Crippen MR) is 113 cm³/mol. The average Bonchev–Trinajstić information content (AvgIpc) is 2.69. The number of halogens is 1. The van der Waals surface area contributed by atoms with Crippen LogP contribution in [-0.4, -0.2) is 37.9 Å². The number of sulfonamides is 1. The maximum atomic E-state index is 12.2. The van der Waals surface area contributed by atoms with Gasteiger partial charge < -0.3 is 10.1 Å². The van der Waals surface area contributed by atoms with E-state index in [4.69, 9.17) is 16.3 Å². The largest absolute Gasteiger partial charge is 0.452 e. The number of esters is 1. The summed E-state index contributed by atoms with van der Waals surface area (Å²) in [6.07, 6.45) is -1.54. The first-order chi connectivity index (χ1) is 14.5. The minimum Gasteiger partial charge on any atom is -0.452 e. The number of anilines is 1. The molecule has 1 atom stereocenters. The van der Waals surface area contributed by atoms with Crippen LogP contribution in [0.1, 0.15) is 18.9 Å². The summed E-state index contributed by atoms with van der Waals surface area (Å²) in [5.74, 6) is -1.56. The molecule has 0 radical (unpaired) electrons. The molecule has 0 fully saturated rings. The van der Waals surface area contributed by atoms with Crippen molar-refractivity contribution in [3.05, 3.63) is 63.2 Å². The lowest BCUT2D eigenvalue weighted by Crippen LogP contribution is -2.32. The van der Waals surface area contributed by atoms with E-state index < -0.39 is 32.9 Å². The molecule has 0 saturated heterocycles. The number of carbonyl (C=O) groups excluding carboxylic acids is 2. The quantitative estimate of drug-likeness (QED) is 0.326. The molecule has 2 aromatic carbocycles. The van der Waals surface area contributed by atoms with Gasteiger partial charge in [-0.1, -0.05) is 29.3 Å². The first-order valence-electron chi connectivity index (χ1n) is 9.00. The third-order valence-electron chi connectivity index (χ3n) is 4.05. The first-order valence-corrected chi connectivity index (χ1v) is 10.9. The second-order valence-corrected chi connectivity index (χ2v) is 8.68. The zero-order valence-electron chi connectivity index (χ0n) is 16.6. The zero-order valence-corrected chi connectivity index (χ0v) is 18.2. The first kappa shape index (κ1) is 24.3. The molecule has 0 aromatic heterocycles. The maximum absolute atomic E-state index is 12.2. The van der Waals surface area contributed by atoms with E-state index in [0.29, 0.717) is 0 Å². The lowest BCUT2D eigenvalue weighted by atomic mass is 10.2. The van der Waals surface area contributed by atoms with Crippen LogP contribution in [0, 0.1) is 17.0 Å². The van der Waals surface area contributed by atoms with Crippen LogP contribution >= 0.6 is 11.6 Å². The highest BCUT2D eigenvalue weighted by Gasteiger charge is 2.21. The van der Waals surface area contributed by atoms with E-state index in [0.717, 1.165) is 11.6 Å². The minimum absolute atomic E-state index is 0.00498. The standard InChI is InChI=1S/C19H20ClN3O7S/c1-12-3-6-15(7-4-12)31(28,29)21-10-9-18(24)30-13(2)19(25)22-17-11-14(23(26)27)5-8-16(17)20/h3-8,11,13,21H,9-10H2,1-2H3,(H,22,25)/t13-/m1/s1. The third kappa shape index (κ3) is 7.02. The van der Waals surface area contributed by atoms with Crippen molar-refractivity contribution in [3.8, 4) is 0 Å². The Bertz CT molecular complexity index is 1090. The molecule has 0 unspecified atom stereocenters. The van der Waals surface area contributed by atoms with Crippen molar-refractivity contribution in [1.82, 2.24) is 4.72 Å². The summed E-state index contributed by atoms with van der Waals surface area (Å²) in [7, 11) is -3.78. The molecule has 0 aliphatic heterocycles. The summed E-state index contributed by atoms with van der Waals surface area (Å²) in [5, 5.41) is 13.3. The van der Waals surface area contributed by atoms with Crippen LogP contribution in [0.15, 0.2) is 47.4 Å². The van der Waals surface area contributed by atoms with Crippen LogP contribution in [0.5, 0.6) is 0 Å². The Morgan fingerprint density at radius 2 is 1.84 bits per heavy atom. The second-order valence-electron chi connectivity index (χ2n) is 6.50. The summed E-state index contributed by atoms with van der Waals surface area (Å²) in [6, 6.07) is 9.70. The SMILES string of the molecule is Cc1ccc(S(=O)(=O)NCCC(=O)O[C@H](C)C(=O)Nc2cc([N+](=O)[O-])ccc2Cl)cc1. The van der Waals surface area contributed by atoms with Crippen LogP contribution in [0.25, 0.3) is 0 Å². The number of nitrogens with zero attached hydrogens (tertiary/aromatic N) is 1. The molecule has 2 aromatic rings. The molecule has 0 aliphatic carbocycles. The van der Waals surface area contributed by atoms with Crippen molar-refractivity contribution in [3.63, 3.8) is 0 Å². The smallest absolute Gasteiger partial charge is 0.307 e. The van der Waals surface area contributed by atoms with Crippen molar-refractivity contribution >= 4 is 44.9 Å². The monoisotopic (exact) mass is 469 g/mol. The van der Waals surface area contributed by atoms with E-state index in [1.165, 1.54) is 31.2 Å². The molecule has 0 aliphatic rings. The Balaban J connectivity index is 1.86. The van der Waals surface area contributed by atoms with Gasteiger partial charge in [0, 0.05) is 18.7 Å². The number of ether oxygens (including phenoxy) is 1. The Morgan fingerprint density at radius 3 is 2.45 bits per heavy atom. The lowest BCUT2D eigenvalue weighted by Gasteiger charge is -2.14. The molecule has 1 amide bonds. The lowest BCUT2D eigenvalue weighted by molar-refractivity contribution is -0.384. The van der Waals surface area contributed by atoms with Crippen LogP contribution < -0.4 is 10.0 Å². The number of nitro groups is 1. The van der Waals surface area contributed by atoms with Crippen LogP contribution in [0.4, 0.5) is 11.4 Å². The van der Waals surface area contributed by atoms with E-state index in [-0.39, 0.29) is 34.3 Å². The number of aryl methyl sites for hydroxylation is 1. The molecule has 2 N–H and O–H groups in total. The molecule has 2 rings (SSSR count). The van der Waals surface area contributed by atoms with Crippen molar-refractivity contribution in [2.75, 3.05) is 11.9 Å². The molecule has 0 spiro atoms. The Kier molecular flexibility index (Phi) is 8.08. The highest BCUT2D eigenvalue weighted by molar-refractivity contribution is 7.89. The van der Waals surface area contributed by atoms with Gasteiger partial charge in [-0.3, -0.25) is 19.7 Å². The third-order valence-corrected chi connectivity index (χ3v) is 5.86. The fourth-order valence-electron chi connectivity index (χ4n) is 2.35. The number of rotatable bonds is 9. The Labute approximate surface area is 183 Å². The van der Waals surface area contributed by atoms with Crippen molar-refractivity contribution in [2.45, 2.75) is 31.3 Å². The molecular formula is C19H20ClN3O7S. The maximum Gasteiger partial charge on any atom is 0.307 e. The summed E-state index contributed by atoms with van der Waals surface area (Å²) < 4.78 is 31.6. The van der Waals surface area contributed by atoms with E-state index in [9.17, 15) is 28.1 Å². The molecule has 0 heterocycles. The predicted octanol–water partition coefficient (Wildman–Crippen LogP) is 2.80. The number of nitro benzene ring substituents is 1. The summed E-state index contributed by atoms with van der Waals surface area (Å²) in [5.41, 5.74) is 0.626. The number of nitrogens with one attached hydrogen (secondary N) is 2. The fraction of sp³-hybridized carbons (Fsp3) is 0.263. The topological polar surface area (TPSA) is 145 Å². The molecule has 10 nitrogen and oxygen atoms in total. The van der Waals surface area contributed by atoms with Gasteiger partial charge in [0.05, 0.1) is 26.9 Å². The van der Waals surface area contributed by atoms with Crippen molar-refractivity contribution in [1.29, 1.82) is 0 Å². The molecule has 166 valence electrons. The highest BCUT2D eigenvalue weighted by atomic mass is 35.5. The summed E-state index contributed by atoms with van der Waals surface area (Å²) in [4.78, 5) is 34.4. The zero-order chi connectivity index (χ0) is 23.2. The number of hydrogen-bond acceptors (Lipinski definition) is 7. The molecule has 0 bridgehead atoms. The van der Waals surface area contributed by atoms with E-state index >= 15 is 0 Å². The van der Waals surface area contributed by atoms with Crippen LogP contribution in [0.3, 0.4) is 0 Å². The van der Waals surface area contributed by atoms with Crippen molar-refractivity contribution in [2.24, 2.45) is 0 Å². The van der Waals surface area contributed by atoms with Gasteiger partial charge >= 0.3 is 5.97 Å². The number of hydrogen-bond donors (Lipinski definition) is 2. The van der Waals surface area contributed by atoms with Gasteiger partial charge in [-0.25, -0.2) is 13.1 Å². The van der Waals surface area contributed by atoms with E-state index in [1.807, 2.05) is 6.92 Å². The van der Waals surface area contributed by atoms with Gasteiger partial charge in [0.25, 0.3) is 11.6 Å². The van der Waals surface area contributed by atoms with Crippen LogP contribution in [0.2, 0.25) is 5.02 Å². The van der Waals surface area contributed by atoms with Gasteiger partial charge in [0.1, 0.15) is 0 Å². The highest BCUT2D eigenvalue weighted by Crippen LogP contribution is 2.26. The summed E-state index contributed by atoms with van der Waals surface area (Å²) >= 11 is 5.92. The van der Waals surface area contributed by atoms with Gasteiger partial charge in [0.2, 0.25) is 10.0 Å². The van der Waals surface area contributed by atoms with Gasteiger partial charge in [-0.2, -0.15) is 0 Å².